The van der Waals surface area contributed by atoms with E-state index in [2.05, 4.69) is 4.72 Å². The number of carboxylic acids is 1. The molecule has 0 aliphatic carbocycles. The maximum Gasteiger partial charge on any atom is 0.335 e. The standard InChI is InChI=1S/C14H18N2O5S/c1-9(2)16-8-11(7-13(16)17)15-22(20,21)12-5-3-10(4-6-12)14(18)19/h3-6,9,11,15H,7-8H2,1-2H3,(H,18,19). The van der Waals surface area contributed by atoms with Gasteiger partial charge in [0.25, 0.3) is 0 Å². The Hall–Kier alpha value is -1.93. The lowest BCUT2D eigenvalue weighted by Gasteiger charge is -2.21. The average Bonchev–Trinajstić information content (AvgIpc) is 2.79. The van der Waals surface area contributed by atoms with E-state index in [-0.39, 0.29) is 28.8 Å². The molecule has 1 heterocycles. The van der Waals surface area contributed by atoms with Crippen LogP contribution < -0.4 is 4.72 Å². The first-order chi connectivity index (χ1) is 10.2. The number of nitrogens with one attached hydrogen (secondary N) is 1. The number of carbonyl (C=O) groups excluding carboxylic acids is 1. The van der Waals surface area contributed by atoms with Crippen molar-refractivity contribution in [2.45, 2.75) is 37.2 Å². The highest BCUT2D eigenvalue weighted by Gasteiger charge is 2.33. The van der Waals surface area contributed by atoms with Gasteiger partial charge in [-0.1, -0.05) is 0 Å². The molecule has 2 N–H and O–H groups in total. The van der Waals surface area contributed by atoms with Gasteiger partial charge in [0, 0.05) is 25.0 Å². The van der Waals surface area contributed by atoms with Gasteiger partial charge in [0.05, 0.1) is 10.5 Å². The van der Waals surface area contributed by atoms with E-state index in [1.54, 1.807) is 4.90 Å². The van der Waals surface area contributed by atoms with Crippen molar-refractivity contribution in [3.8, 4) is 0 Å². The van der Waals surface area contributed by atoms with E-state index in [1.165, 1.54) is 24.3 Å². The van der Waals surface area contributed by atoms with E-state index in [0.29, 0.717) is 6.54 Å². The van der Waals surface area contributed by atoms with E-state index >= 15 is 0 Å². The molecule has 0 saturated carbocycles. The van der Waals surface area contributed by atoms with Crippen molar-refractivity contribution in [2.75, 3.05) is 6.54 Å². The van der Waals surface area contributed by atoms with Crippen molar-refractivity contribution in [2.24, 2.45) is 0 Å². The maximum atomic E-state index is 12.3. The fraction of sp³-hybridized carbons (Fsp3) is 0.429. The van der Waals surface area contributed by atoms with Crippen LogP contribution in [0.25, 0.3) is 0 Å². The summed E-state index contributed by atoms with van der Waals surface area (Å²) in [6.45, 7) is 4.09. The lowest BCUT2D eigenvalue weighted by Crippen LogP contribution is -2.38. The van der Waals surface area contributed by atoms with Crippen molar-refractivity contribution in [3.63, 3.8) is 0 Å². The molecule has 0 spiro atoms. The quantitative estimate of drug-likeness (QED) is 0.828. The molecule has 1 aliphatic heterocycles. The summed E-state index contributed by atoms with van der Waals surface area (Å²) in [6, 6.07) is 4.50. The number of hydrogen-bond donors (Lipinski definition) is 2. The first-order valence-electron chi connectivity index (χ1n) is 6.86. The molecule has 2 rings (SSSR count). The van der Waals surface area contributed by atoms with Gasteiger partial charge in [-0.2, -0.15) is 0 Å². The number of sulfonamides is 1. The Morgan fingerprint density at radius 3 is 2.36 bits per heavy atom. The van der Waals surface area contributed by atoms with Gasteiger partial charge in [-0.05, 0) is 38.1 Å². The number of nitrogens with zero attached hydrogens (tertiary/aromatic N) is 1. The van der Waals surface area contributed by atoms with Gasteiger partial charge in [0.2, 0.25) is 15.9 Å². The molecule has 22 heavy (non-hydrogen) atoms. The predicted octanol–water partition coefficient (Wildman–Crippen LogP) is 0.672. The fourth-order valence-corrected chi connectivity index (χ4v) is 3.60. The van der Waals surface area contributed by atoms with Crippen LogP contribution in [0.3, 0.4) is 0 Å². The van der Waals surface area contributed by atoms with Crippen LogP contribution in [0, 0.1) is 0 Å². The van der Waals surface area contributed by atoms with E-state index in [1.807, 2.05) is 13.8 Å². The van der Waals surface area contributed by atoms with Gasteiger partial charge in [-0.15, -0.1) is 0 Å². The second-order valence-electron chi connectivity index (χ2n) is 5.49. The molecule has 1 atom stereocenters. The van der Waals surface area contributed by atoms with Crippen LogP contribution in [0.2, 0.25) is 0 Å². The second-order valence-corrected chi connectivity index (χ2v) is 7.21. The number of benzene rings is 1. The number of aromatic carboxylic acids is 1. The molecule has 120 valence electrons. The number of rotatable bonds is 5. The number of carboxylic acid groups (broad SMARTS) is 1. The highest BCUT2D eigenvalue weighted by molar-refractivity contribution is 7.89. The Morgan fingerprint density at radius 2 is 1.91 bits per heavy atom. The summed E-state index contributed by atoms with van der Waals surface area (Å²) in [5, 5.41) is 8.81. The number of likely N-dealkylation sites (tertiary alicyclic amines) is 1. The van der Waals surface area contributed by atoms with E-state index in [4.69, 9.17) is 5.11 Å². The molecular weight excluding hydrogens is 308 g/mol. The van der Waals surface area contributed by atoms with Gasteiger partial charge >= 0.3 is 5.97 Å². The average molecular weight is 326 g/mol. The minimum atomic E-state index is -3.78. The van der Waals surface area contributed by atoms with Crippen molar-refractivity contribution in [1.82, 2.24) is 9.62 Å². The van der Waals surface area contributed by atoms with Crippen LogP contribution in [-0.4, -0.2) is 48.9 Å². The smallest absolute Gasteiger partial charge is 0.335 e. The monoisotopic (exact) mass is 326 g/mol. The minimum absolute atomic E-state index is 0.0148. The van der Waals surface area contributed by atoms with Gasteiger partial charge in [-0.25, -0.2) is 17.9 Å². The third kappa shape index (κ3) is 3.45. The summed E-state index contributed by atoms with van der Waals surface area (Å²) >= 11 is 0. The van der Waals surface area contributed by atoms with E-state index in [9.17, 15) is 18.0 Å². The Kier molecular flexibility index (Phi) is 4.52. The molecule has 1 aromatic rings. The lowest BCUT2D eigenvalue weighted by atomic mass is 10.2. The van der Waals surface area contributed by atoms with Gasteiger partial charge in [0.15, 0.2) is 0 Å². The normalized spacial score (nSPS) is 19.0. The topological polar surface area (TPSA) is 104 Å². The van der Waals surface area contributed by atoms with Gasteiger partial charge < -0.3 is 10.0 Å². The van der Waals surface area contributed by atoms with E-state index < -0.39 is 22.0 Å². The predicted molar refractivity (Wildman–Crippen MR) is 79.0 cm³/mol. The summed E-state index contributed by atoms with van der Waals surface area (Å²) in [5.41, 5.74) is 0.0148. The highest BCUT2D eigenvalue weighted by Crippen LogP contribution is 2.17. The summed E-state index contributed by atoms with van der Waals surface area (Å²) in [7, 11) is -3.78. The zero-order valence-corrected chi connectivity index (χ0v) is 13.1. The Bertz CT molecular complexity index is 682. The third-order valence-corrected chi connectivity index (χ3v) is 5.05. The van der Waals surface area contributed by atoms with E-state index in [0.717, 1.165) is 0 Å². The lowest BCUT2D eigenvalue weighted by molar-refractivity contribution is -0.129. The molecule has 1 unspecified atom stereocenters. The van der Waals surface area contributed by atoms with Crippen molar-refractivity contribution < 1.29 is 23.1 Å². The van der Waals surface area contributed by atoms with Crippen LogP contribution >= 0.6 is 0 Å². The molecule has 0 radical (unpaired) electrons. The Morgan fingerprint density at radius 1 is 1.32 bits per heavy atom. The van der Waals surface area contributed by atoms with Gasteiger partial charge in [-0.3, -0.25) is 4.79 Å². The molecule has 0 bridgehead atoms. The van der Waals surface area contributed by atoms with Crippen molar-refractivity contribution in [1.29, 1.82) is 0 Å². The first-order valence-corrected chi connectivity index (χ1v) is 8.34. The van der Waals surface area contributed by atoms with Crippen LogP contribution in [0.15, 0.2) is 29.2 Å². The second kappa shape index (κ2) is 6.05. The SMILES string of the molecule is CC(C)N1CC(NS(=O)(=O)c2ccc(C(=O)O)cc2)CC1=O. The van der Waals surface area contributed by atoms with Crippen molar-refractivity contribution >= 4 is 21.9 Å². The summed E-state index contributed by atoms with van der Waals surface area (Å²) in [4.78, 5) is 24.2. The molecule has 1 fully saturated rings. The third-order valence-electron chi connectivity index (χ3n) is 3.52. The van der Waals surface area contributed by atoms with Crippen molar-refractivity contribution in [3.05, 3.63) is 29.8 Å². The molecule has 8 heteroatoms. The summed E-state index contributed by atoms with van der Waals surface area (Å²) in [6.07, 6.45) is 0.130. The Labute approximate surface area is 129 Å². The van der Waals surface area contributed by atoms with Crippen LogP contribution in [0.5, 0.6) is 0 Å². The zero-order valence-electron chi connectivity index (χ0n) is 12.3. The zero-order chi connectivity index (χ0) is 16.5. The fourth-order valence-electron chi connectivity index (χ4n) is 2.37. The Balaban J connectivity index is 2.12. The molecule has 1 saturated heterocycles. The molecule has 0 aromatic heterocycles. The number of hydrogen-bond acceptors (Lipinski definition) is 4. The molecular formula is C14H18N2O5S. The summed E-state index contributed by atoms with van der Waals surface area (Å²) in [5.74, 6) is -1.20. The number of carbonyl (C=O) groups is 2. The van der Waals surface area contributed by atoms with Crippen LogP contribution in [0.4, 0.5) is 0 Å². The molecule has 1 aliphatic rings. The molecule has 1 amide bonds. The van der Waals surface area contributed by atoms with Crippen LogP contribution in [0.1, 0.15) is 30.6 Å². The highest BCUT2D eigenvalue weighted by atomic mass is 32.2. The maximum absolute atomic E-state index is 12.3. The summed E-state index contributed by atoms with van der Waals surface area (Å²) < 4.78 is 27.0. The minimum Gasteiger partial charge on any atom is -0.478 e. The first kappa shape index (κ1) is 16.4. The molecule has 1 aromatic carbocycles. The van der Waals surface area contributed by atoms with Gasteiger partial charge in [0.1, 0.15) is 0 Å². The largest absolute Gasteiger partial charge is 0.478 e. The number of amides is 1. The molecule has 7 nitrogen and oxygen atoms in total. The van der Waals surface area contributed by atoms with Crippen LogP contribution in [-0.2, 0) is 14.8 Å².